The molecule has 3 rings (SSSR count). The third-order valence-electron chi connectivity index (χ3n) is 5.25. The van der Waals surface area contributed by atoms with Gasteiger partial charge in [0.1, 0.15) is 17.6 Å². The number of ether oxygens (including phenoxy) is 2. The van der Waals surface area contributed by atoms with Crippen LogP contribution in [0, 0.1) is 0 Å². The maximum atomic E-state index is 12.5. The van der Waals surface area contributed by atoms with Crippen molar-refractivity contribution >= 4 is 17.5 Å². The van der Waals surface area contributed by atoms with Gasteiger partial charge in [-0.15, -0.1) is 0 Å². The Morgan fingerprint density at radius 3 is 2.37 bits per heavy atom. The van der Waals surface area contributed by atoms with Crippen LogP contribution in [0.1, 0.15) is 30.9 Å². The monoisotopic (exact) mass is 432 g/mol. The van der Waals surface area contributed by atoms with Crippen LogP contribution in [0.4, 0.5) is 0 Å². The predicted octanol–water partition coefficient (Wildman–Crippen LogP) is 3.43. The average molecular weight is 433 g/mol. The summed E-state index contributed by atoms with van der Waals surface area (Å²) in [6.07, 6.45) is 1.69. The third-order valence-corrected chi connectivity index (χ3v) is 5.50. The highest BCUT2D eigenvalue weighted by atomic mass is 35.5. The minimum absolute atomic E-state index is 0.152. The van der Waals surface area contributed by atoms with Gasteiger partial charge in [0, 0.05) is 11.6 Å². The molecule has 0 aliphatic carbocycles. The van der Waals surface area contributed by atoms with E-state index in [1.54, 1.807) is 43.5 Å². The number of rotatable bonds is 10. The molecule has 2 aromatic rings. The highest BCUT2D eigenvalue weighted by Crippen LogP contribution is 2.22. The zero-order valence-corrected chi connectivity index (χ0v) is 18.0. The van der Waals surface area contributed by atoms with Gasteiger partial charge < -0.3 is 24.8 Å². The number of benzene rings is 2. The molecule has 1 fully saturated rings. The molecule has 2 aromatic carbocycles. The standard InChI is InChI=1S/C23H29ClN2O4/c1-29-19-8-10-20(11-9-19)30-15-12-22(27)25-21(16-26-13-2-3-14-26)23(28)17-4-6-18(24)7-5-17/h4-11,21,23,28H,2-3,12-16H2,1H3,(H,25,27)/t21-,23+/m1/s1. The lowest BCUT2D eigenvalue weighted by Gasteiger charge is -2.28. The van der Waals surface area contributed by atoms with Crippen molar-refractivity contribution in [3.05, 3.63) is 59.1 Å². The molecule has 1 amide bonds. The molecule has 0 unspecified atom stereocenters. The smallest absolute Gasteiger partial charge is 0.223 e. The van der Waals surface area contributed by atoms with Crippen LogP contribution in [0.3, 0.4) is 0 Å². The van der Waals surface area contributed by atoms with Gasteiger partial charge in [0.05, 0.1) is 26.2 Å². The Bertz CT molecular complexity index is 792. The van der Waals surface area contributed by atoms with Gasteiger partial charge in [0.2, 0.25) is 5.91 Å². The first kappa shape index (κ1) is 22.4. The minimum atomic E-state index is -0.811. The molecule has 30 heavy (non-hydrogen) atoms. The van der Waals surface area contributed by atoms with E-state index in [0.717, 1.165) is 37.2 Å². The van der Waals surface area contributed by atoms with Gasteiger partial charge in [-0.05, 0) is 67.9 Å². The van der Waals surface area contributed by atoms with E-state index in [2.05, 4.69) is 10.2 Å². The average Bonchev–Trinajstić information content (AvgIpc) is 3.27. The summed E-state index contributed by atoms with van der Waals surface area (Å²) in [7, 11) is 1.61. The van der Waals surface area contributed by atoms with E-state index in [1.165, 1.54) is 0 Å². The Labute approximate surface area is 182 Å². The van der Waals surface area contributed by atoms with Gasteiger partial charge in [0.25, 0.3) is 0 Å². The normalized spacial score (nSPS) is 16.1. The molecule has 0 radical (unpaired) electrons. The highest BCUT2D eigenvalue weighted by molar-refractivity contribution is 6.30. The topological polar surface area (TPSA) is 71.0 Å². The molecule has 0 spiro atoms. The Hall–Kier alpha value is -2.28. The number of carbonyl (C=O) groups is 1. The lowest BCUT2D eigenvalue weighted by Crippen LogP contribution is -2.47. The molecule has 2 N–H and O–H groups in total. The molecule has 1 aliphatic rings. The number of carbonyl (C=O) groups excluding carboxylic acids is 1. The first-order valence-electron chi connectivity index (χ1n) is 10.3. The number of nitrogens with zero attached hydrogens (tertiary/aromatic N) is 1. The Kier molecular flexibility index (Phi) is 8.37. The Balaban J connectivity index is 1.55. The fourth-order valence-electron chi connectivity index (χ4n) is 3.57. The van der Waals surface area contributed by atoms with Gasteiger partial charge in [-0.25, -0.2) is 0 Å². The van der Waals surface area contributed by atoms with Crippen LogP contribution in [-0.2, 0) is 4.79 Å². The molecular formula is C23H29ClN2O4. The second-order valence-electron chi connectivity index (χ2n) is 7.45. The number of amides is 1. The van der Waals surface area contributed by atoms with E-state index < -0.39 is 12.1 Å². The fraction of sp³-hybridized carbons (Fsp3) is 0.435. The Morgan fingerprint density at radius 1 is 1.10 bits per heavy atom. The van der Waals surface area contributed by atoms with Crippen LogP contribution in [0.25, 0.3) is 0 Å². The lowest BCUT2D eigenvalue weighted by atomic mass is 10.0. The number of hydrogen-bond donors (Lipinski definition) is 2. The SMILES string of the molecule is COc1ccc(OCCC(=O)N[C@H](CN2CCCC2)[C@@H](O)c2ccc(Cl)cc2)cc1. The van der Waals surface area contributed by atoms with E-state index in [4.69, 9.17) is 21.1 Å². The predicted molar refractivity (Wildman–Crippen MR) is 117 cm³/mol. The summed E-state index contributed by atoms with van der Waals surface area (Å²) >= 11 is 5.96. The van der Waals surface area contributed by atoms with Crippen LogP contribution in [0.2, 0.25) is 5.02 Å². The molecule has 1 saturated heterocycles. The van der Waals surface area contributed by atoms with Crippen LogP contribution in [0.15, 0.2) is 48.5 Å². The summed E-state index contributed by atoms with van der Waals surface area (Å²) < 4.78 is 10.8. The van der Waals surface area contributed by atoms with Gasteiger partial charge in [0.15, 0.2) is 0 Å². The molecule has 1 aliphatic heterocycles. The molecule has 0 aromatic heterocycles. The number of aliphatic hydroxyl groups is 1. The fourth-order valence-corrected chi connectivity index (χ4v) is 3.70. The number of methoxy groups -OCH3 is 1. The van der Waals surface area contributed by atoms with Crippen molar-refractivity contribution in [3.8, 4) is 11.5 Å². The summed E-state index contributed by atoms with van der Waals surface area (Å²) in [5.41, 5.74) is 0.735. The molecule has 7 heteroatoms. The zero-order chi connectivity index (χ0) is 21.3. The van der Waals surface area contributed by atoms with E-state index in [1.807, 2.05) is 12.1 Å². The van der Waals surface area contributed by atoms with E-state index in [-0.39, 0.29) is 18.9 Å². The van der Waals surface area contributed by atoms with Crippen LogP contribution in [-0.4, -0.2) is 55.3 Å². The van der Waals surface area contributed by atoms with Crippen molar-refractivity contribution in [2.75, 3.05) is 33.4 Å². The van der Waals surface area contributed by atoms with Gasteiger partial charge >= 0.3 is 0 Å². The van der Waals surface area contributed by atoms with Crippen molar-refractivity contribution in [3.63, 3.8) is 0 Å². The summed E-state index contributed by atoms with van der Waals surface area (Å²) in [6, 6.07) is 13.9. The maximum absolute atomic E-state index is 12.5. The van der Waals surface area contributed by atoms with Crippen molar-refractivity contribution in [2.24, 2.45) is 0 Å². The summed E-state index contributed by atoms with van der Waals surface area (Å²) in [4.78, 5) is 14.8. The van der Waals surface area contributed by atoms with Crippen LogP contribution in [0.5, 0.6) is 11.5 Å². The first-order chi connectivity index (χ1) is 14.5. The number of aliphatic hydroxyl groups excluding tert-OH is 1. The molecule has 162 valence electrons. The molecule has 6 nitrogen and oxygen atoms in total. The maximum Gasteiger partial charge on any atom is 0.223 e. The van der Waals surface area contributed by atoms with Crippen LogP contribution >= 0.6 is 11.6 Å². The number of likely N-dealkylation sites (tertiary alicyclic amines) is 1. The zero-order valence-electron chi connectivity index (χ0n) is 17.2. The quantitative estimate of drug-likeness (QED) is 0.601. The van der Waals surface area contributed by atoms with Gasteiger partial charge in [-0.3, -0.25) is 4.79 Å². The number of hydrogen-bond acceptors (Lipinski definition) is 5. The first-order valence-corrected chi connectivity index (χ1v) is 10.6. The summed E-state index contributed by atoms with van der Waals surface area (Å²) in [6.45, 7) is 2.83. The third kappa shape index (κ3) is 6.62. The van der Waals surface area contributed by atoms with E-state index in [9.17, 15) is 9.90 Å². The number of nitrogens with one attached hydrogen (secondary N) is 1. The summed E-state index contributed by atoms with van der Waals surface area (Å²) in [5, 5.41) is 14.5. The lowest BCUT2D eigenvalue weighted by molar-refractivity contribution is -0.123. The van der Waals surface area contributed by atoms with Crippen molar-refractivity contribution < 1.29 is 19.4 Å². The molecule has 0 bridgehead atoms. The second-order valence-corrected chi connectivity index (χ2v) is 7.89. The van der Waals surface area contributed by atoms with Crippen LogP contribution < -0.4 is 14.8 Å². The largest absolute Gasteiger partial charge is 0.497 e. The van der Waals surface area contributed by atoms with Gasteiger partial charge in [-0.2, -0.15) is 0 Å². The van der Waals surface area contributed by atoms with Crippen molar-refractivity contribution in [2.45, 2.75) is 31.4 Å². The van der Waals surface area contributed by atoms with Crippen molar-refractivity contribution in [1.29, 1.82) is 0 Å². The molecular weight excluding hydrogens is 404 g/mol. The van der Waals surface area contributed by atoms with Gasteiger partial charge in [-0.1, -0.05) is 23.7 Å². The van der Waals surface area contributed by atoms with E-state index >= 15 is 0 Å². The molecule has 2 atom stereocenters. The van der Waals surface area contributed by atoms with E-state index in [0.29, 0.717) is 17.3 Å². The molecule has 1 heterocycles. The highest BCUT2D eigenvalue weighted by Gasteiger charge is 2.26. The Morgan fingerprint density at radius 2 is 1.73 bits per heavy atom. The van der Waals surface area contributed by atoms with Crippen molar-refractivity contribution in [1.82, 2.24) is 10.2 Å². The summed E-state index contributed by atoms with van der Waals surface area (Å²) in [5.74, 6) is 1.28. The molecule has 0 saturated carbocycles. The second kappa shape index (κ2) is 11.2. The number of halogens is 1. The minimum Gasteiger partial charge on any atom is -0.497 e.